The maximum atomic E-state index is 12.6. The van der Waals surface area contributed by atoms with Gasteiger partial charge in [0, 0.05) is 22.3 Å². The van der Waals surface area contributed by atoms with Gasteiger partial charge in [0.05, 0.1) is 11.1 Å². The lowest BCUT2D eigenvalue weighted by atomic mass is 10.1. The van der Waals surface area contributed by atoms with Gasteiger partial charge < -0.3 is 0 Å². The molecule has 7 nitrogen and oxygen atoms in total. The Hall–Kier alpha value is -2.61. The van der Waals surface area contributed by atoms with E-state index >= 15 is 0 Å². The summed E-state index contributed by atoms with van der Waals surface area (Å²) in [6.45, 7) is 1.76. The molecule has 3 rings (SSSR count). The Morgan fingerprint density at radius 2 is 2.00 bits per heavy atom. The van der Waals surface area contributed by atoms with Crippen LogP contribution in [-0.4, -0.2) is 25.7 Å². The first kappa shape index (κ1) is 16.3. The molecule has 1 N–H and O–H groups in total. The van der Waals surface area contributed by atoms with Gasteiger partial charge in [0.25, 0.3) is 5.56 Å². The number of hydrogen-bond acceptors (Lipinski definition) is 5. The molecule has 0 aliphatic heterocycles. The van der Waals surface area contributed by atoms with E-state index in [-0.39, 0.29) is 18.1 Å². The van der Waals surface area contributed by atoms with Crippen LogP contribution in [0.3, 0.4) is 0 Å². The van der Waals surface area contributed by atoms with Crippen LogP contribution in [0.1, 0.15) is 12.6 Å². The van der Waals surface area contributed by atoms with Gasteiger partial charge in [-0.15, -0.1) is 0 Å². The quantitative estimate of drug-likeness (QED) is 0.740. The molecule has 122 valence electrons. The minimum Gasteiger partial charge on any atom is -0.293 e. The molecule has 2 heterocycles. The van der Waals surface area contributed by atoms with Gasteiger partial charge in [-0.25, -0.2) is 14.6 Å². The van der Waals surface area contributed by atoms with Crippen LogP contribution in [-0.2, 0) is 17.8 Å². The van der Waals surface area contributed by atoms with Gasteiger partial charge in [0.2, 0.25) is 11.9 Å². The van der Waals surface area contributed by atoms with E-state index in [9.17, 15) is 9.59 Å². The van der Waals surface area contributed by atoms with Crippen LogP contribution in [0.15, 0.2) is 45.9 Å². The van der Waals surface area contributed by atoms with Crippen LogP contribution in [0, 0.1) is 0 Å². The topological polar surface area (TPSA) is 89.8 Å². The summed E-state index contributed by atoms with van der Waals surface area (Å²) >= 11 is 3.40. The zero-order valence-electron chi connectivity index (χ0n) is 12.9. The number of carbonyl (C=O) groups excluding carboxylic acids is 1. The smallest absolute Gasteiger partial charge is 0.275 e. The molecule has 0 spiro atoms. The van der Waals surface area contributed by atoms with E-state index < -0.39 is 5.91 Å². The Labute approximate surface area is 145 Å². The van der Waals surface area contributed by atoms with Crippen molar-refractivity contribution in [2.24, 2.45) is 0 Å². The third kappa shape index (κ3) is 3.33. The van der Waals surface area contributed by atoms with Crippen LogP contribution >= 0.6 is 15.9 Å². The molecule has 0 fully saturated rings. The van der Waals surface area contributed by atoms with E-state index in [2.05, 4.69) is 36.3 Å². The second-order valence-electron chi connectivity index (χ2n) is 5.07. The van der Waals surface area contributed by atoms with Crippen LogP contribution < -0.4 is 10.9 Å². The van der Waals surface area contributed by atoms with Crippen LogP contribution in [0.4, 0.5) is 5.95 Å². The second-order valence-corrected chi connectivity index (χ2v) is 5.99. The predicted octanol–water partition coefficient (Wildman–Crippen LogP) is 2.15. The summed E-state index contributed by atoms with van der Waals surface area (Å²) in [5, 5.41) is 8.19. The van der Waals surface area contributed by atoms with Crippen molar-refractivity contribution >= 4 is 38.6 Å². The second kappa shape index (κ2) is 6.88. The Kier molecular flexibility index (Phi) is 4.66. The molecule has 0 aliphatic rings. The SMILES string of the molecule is CCc1nn(CC(=O)Nc2ncccn2)c(=O)c2ccc(Br)cc12. The highest BCUT2D eigenvalue weighted by atomic mass is 79.9. The minimum atomic E-state index is -0.408. The summed E-state index contributed by atoms with van der Waals surface area (Å²) in [6.07, 6.45) is 3.70. The number of rotatable bonds is 4. The van der Waals surface area contributed by atoms with Gasteiger partial charge in [-0.2, -0.15) is 5.10 Å². The van der Waals surface area contributed by atoms with Gasteiger partial charge in [-0.05, 0) is 30.7 Å². The Morgan fingerprint density at radius 1 is 1.25 bits per heavy atom. The molecule has 0 saturated heterocycles. The molecule has 0 bridgehead atoms. The maximum absolute atomic E-state index is 12.6. The number of fused-ring (bicyclic) bond motifs is 1. The average Bonchev–Trinajstić information content (AvgIpc) is 2.58. The number of halogens is 1. The highest BCUT2D eigenvalue weighted by Crippen LogP contribution is 2.19. The van der Waals surface area contributed by atoms with Gasteiger partial charge in [0.1, 0.15) is 6.54 Å². The van der Waals surface area contributed by atoms with E-state index in [1.807, 2.05) is 13.0 Å². The molecule has 24 heavy (non-hydrogen) atoms. The van der Waals surface area contributed by atoms with Crippen molar-refractivity contribution in [3.63, 3.8) is 0 Å². The molecular formula is C16H14BrN5O2. The highest BCUT2D eigenvalue weighted by Gasteiger charge is 2.13. The van der Waals surface area contributed by atoms with Crippen molar-refractivity contribution < 1.29 is 4.79 Å². The van der Waals surface area contributed by atoms with Crippen molar-refractivity contribution in [3.05, 3.63) is 57.2 Å². The number of aromatic nitrogens is 4. The Balaban J connectivity index is 1.95. The zero-order chi connectivity index (χ0) is 17.1. The molecule has 0 unspecified atom stereocenters. The zero-order valence-corrected chi connectivity index (χ0v) is 14.4. The summed E-state index contributed by atoms with van der Waals surface area (Å²) < 4.78 is 2.05. The molecule has 8 heteroatoms. The fraction of sp³-hybridized carbons (Fsp3) is 0.188. The summed E-state index contributed by atoms with van der Waals surface area (Å²) in [6, 6.07) is 7.05. The number of nitrogens with zero attached hydrogens (tertiary/aromatic N) is 4. The van der Waals surface area contributed by atoms with Gasteiger partial charge in [-0.1, -0.05) is 22.9 Å². The number of carbonyl (C=O) groups is 1. The first-order chi connectivity index (χ1) is 11.6. The molecule has 3 aromatic rings. The number of benzene rings is 1. The largest absolute Gasteiger partial charge is 0.293 e. The Morgan fingerprint density at radius 3 is 2.71 bits per heavy atom. The average molecular weight is 388 g/mol. The fourth-order valence-corrected chi connectivity index (χ4v) is 2.72. The van der Waals surface area contributed by atoms with Crippen LogP contribution in [0.5, 0.6) is 0 Å². The Bertz CT molecular complexity index is 956. The van der Waals surface area contributed by atoms with Gasteiger partial charge >= 0.3 is 0 Å². The van der Waals surface area contributed by atoms with E-state index in [4.69, 9.17) is 0 Å². The lowest BCUT2D eigenvalue weighted by Gasteiger charge is -2.10. The summed E-state index contributed by atoms with van der Waals surface area (Å²) in [5.41, 5.74) is 0.452. The van der Waals surface area contributed by atoms with Crippen LogP contribution in [0.25, 0.3) is 10.8 Å². The van der Waals surface area contributed by atoms with Crippen molar-refractivity contribution in [3.8, 4) is 0 Å². The lowest BCUT2D eigenvalue weighted by Crippen LogP contribution is -2.31. The standard InChI is InChI=1S/C16H14BrN5O2/c1-2-13-12-8-10(17)4-5-11(12)15(24)22(21-13)9-14(23)20-16-18-6-3-7-19-16/h3-8H,2,9H2,1H3,(H,18,19,20,23). The minimum absolute atomic E-state index is 0.191. The molecule has 0 atom stereocenters. The number of nitrogens with one attached hydrogen (secondary N) is 1. The lowest BCUT2D eigenvalue weighted by molar-refractivity contribution is -0.117. The van der Waals surface area contributed by atoms with E-state index in [0.29, 0.717) is 11.8 Å². The summed E-state index contributed by atoms with van der Waals surface area (Å²) in [5.74, 6) is -0.217. The van der Waals surface area contributed by atoms with E-state index in [0.717, 1.165) is 15.6 Å². The maximum Gasteiger partial charge on any atom is 0.275 e. The van der Waals surface area contributed by atoms with E-state index in [1.54, 1.807) is 18.2 Å². The molecule has 0 radical (unpaired) electrons. The number of aryl methyl sites for hydroxylation is 1. The van der Waals surface area contributed by atoms with Gasteiger partial charge in [0.15, 0.2) is 0 Å². The fourth-order valence-electron chi connectivity index (χ4n) is 2.36. The van der Waals surface area contributed by atoms with E-state index in [1.165, 1.54) is 17.1 Å². The third-order valence-corrected chi connectivity index (χ3v) is 3.94. The monoisotopic (exact) mass is 387 g/mol. The molecule has 2 aromatic heterocycles. The first-order valence-electron chi connectivity index (χ1n) is 7.34. The third-order valence-electron chi connectivity index (χ3n) is 3.44. The molecular weight excluding hydrogens is 374 g/mol. The van der Waals surface area contributed by atoms with Crippen molar-refractivity contribution in [2.45, 2.75) is 19.9 Å². The van der Waals surface area contributed by atoms with Crippen molar-refractivity contribution in [1.29, 1.82) is 0 Å². The molecule has 0 saturated carbocycles. The van der Waals surface area contributed by atoms with Gasteiger partial charge in [-0.3, -0.25) is 14.9 Å². The van der Waals surface area contributed by atoms with Crippen LogP contribution in [0.2, 0.25) is 0 Å². The normalized spacial score (nSPS) is 10.8. The number of hydrogen-bond donors (Lipinski definition) is 1. The molecule has 1 aromatic carbocycles. The predicted molar refractivity (Wildman–Crippen MR) is 93.7 cm³/mol. The molecule has 1 amide bonds. The summed E-state index contributed by atoms with van der Waals surface area (Å²) in [4.78, 5) is 32.5. The molecule has 0 aliphatic carbocycles. The first-order valence-corrected chi connectivity index (χ1v) is 8.14. The number of anilines is 1. The highest BCUT2D eigenvalue weighted by molar-refractivity contribution is 9.10. The van der Waals surface area contributed by atoms with Crippen molar-refractivity contribution in [2.75, 3.05) is 5.32 Å². The number of amides is 1. The summed E-state index contributed by atoms with van der Waals surface area (Å²) in [7, 11) is 0. The van der Waals surface area contributed by atoms with Crippen molar-refractivity contribution in [1.82, 2.24) is 19.7 Å².